The minimum absolute atomic E-state index is 0.322. The number of thiazole rings is 1. The molecule has 1 amide bonds. The van der Waals surface area contributed by atoms with Gasteiger partial charge in [-0.2, -0.15) is 0 Å². The zero-order valence-electron chi connectivity index (χ0n) is 10.2. The summed E-state index contributed by atoms with van der Waals surface area (Å²) in [5.41, 5.74) is 2.44. The van der Waals surface area contributed by atoms with Crippen LogP contribution in [-0.2, 0) is 0 Å². The molecule has 0 aliphatic heterocycles. The lowest BCUT2D eigenvalue weighted by Crippen LogP contribution is -2.37. The number of aliphatic hydroxyl groups is 1. The van der Waals surface area contributed by atoms with Gasteiger partial charge in [0.25, 0.3) is 5.91 Å². The fraction of sp³-hybridized carbons (Fsp3) is 0.231. The van der Waals surface area contributed by atoms with E-state index in [4.69, 9.17) is 0 Å². The largest absolute Gasteiger partial charge is 0.386 e. The quantitative estimate of drug-likeness (QED) is 0.902. The van der Waals surface area contributed by atoms with Crippen molar-refractivity contribution in [3.05, 3.63) is 52.2 Å². The summed E-state index contributed by atoms with van der Waals surface area (Å²) in [7, 11) is 0. The summed E-state index contributed by atoms with van der Waals surface area (Å²) in [5.74, 6) is -0.704. The van der Waals surface area contributed by atoms with Crippen LogP contribution in [0.25, 0.3) is 0 Å². The SMILES string of the molecule is CC(NC(=O)c1cscn1)C(O)c1ccc(F)cc1. The van der Waals surface area contributed by atoms with Crippen LogP contribution in [0, 0.1) is 5.82 Å². The smallest absolute Gasteiger partial charge is 0.271 e. The van der Waals surface area contributed by atoms with Crippen LogP contribution in [0.5, 0.6) is 0 Å². The minimum atomic E-state index is -0.900. The van der Waals surface area contributed by atoms with Gasteiger partial charge < -0.3 is 10.4 Å². The van der Waals surface area contributed by atoms with Crippen LogP contribution in [0.2, 0.25) is 0 Å². The van der Waals surface area contributed by atoms with Crippen LogP contribution < -0.4 is 5.32 Å². The Morgan fingerprint density at radius 1 is 1.42 bits per heavy atom. The molecule has 100 valence electrons. The molecular weight excluding hydrogens is 267 g/mol. The van der Waals surface area contributed by atoms with Crippen LogP contribution in [0.4, 0.5) is 4.39 Å². The molecule has 0 aliphatic carbocycles. The highest BCUT2D eigenvalue weighted by Gasteiger charge is 2.19. The van der Waals surface area contributed by atoms with Crippen molar-refractivity contribution in [1.29, 1.82) is 0 Å². The molecule has 1 aromatic carbocycles. The maximum Gasteiger partial charge on any atom is 0.271 e. The Balaban J connectivity index is 2.01. The van der Waals surface area contributed by atoms with Gasteiger partial charge in [-0.05, 0) is 24.6 Å². The number of nitrogens with zero attached hydrogens (tertiary/aromatic N) is 1. The molecule has 0 bridgehead atoms. The number of carbonyl (C=O) groups is 1. The van der Waals surface area contributed by atoms with Gasteiger partial charge in [-0.15, -0.1) is 11.3 Å². The van der Waals surface area contributed by atoms with E-state index in [2.05, 4.69) is 10.3 Å². The molecular formula is C13H13FN2O2S. The maximum absolute atomic E-state index is 12.8. The topological polar surface area (TPSA) is 62.2 Å². The standard InChI is InChI=1S/C13H13FN2O2S/c1-8(16-13(18)11-6-19-7-15-11)12(17)9-2-4-10(14)5-3-9/h2-8,12,17H,1H3,(H,16,18). The molecule has 1 heterocycles. The molecule has 0 radical (unpaired) electrons. The van der Waals surface area contributed by atoms with E-state index in [0.717, 1.165) is 0 Å². The summed E-state index contributed by atoms with van der Waals surface area (Å²) in [6.07, 6.45) is -0.900. The van der Waals surface area contributed by atoms with Crippen molar-refractivity contribution in [3.63, 3.8) is 0 Å². The van der Waals surface area contributed by atoms with E-state index in [-0.39, 0.29) is 11.7 Å². The first-order valence-corrected chi connectivity index (χ1v) is 6.65. The van der Waals surface area contributed by atoms with Crippen LogP contribution in [0.1, 0.15) is 29.1 Å². The number of hydrogen-bond donors (Lipinski definition) is 2. The van der Waals surface area contributed by atoms with Crippen LogP contribution >= 0.6 is 11.3 Å². The van der Waals surface area contributed by atoms with E-state index in [1.165, 1.54) is 35.6 Å². The number of halogens is 1. The first kappa shape index (κ1) is 13.6. The molecule has 1 aromatic heterocycles. The van der Waals surface area contributed by atoms with Gasteiger partial charge in [-0.3, -0.25) is 4.79 Å². The van der Waals surface area contributed by atoms with Crippen molar-refractivity contribution >= 4 is 17.2 Å². The van der Waals surface area contributed by atoms with E-state index in [1.807, 2.05) is 0 Å². The highest BCUT2D eigenvalue weighted by atomic mass is 32.1. The van der Waals surface area contributed by atoms with Crippen molar-refractivity contribution in [3.8, 4) is 0 Å². The molecule has 0 saturated carbocycles. The van der Waals surface area contributed by atoms with Crippen molar-refractivity contribution < 1.29 is 14.3 Å². The first-order valence-electron chi connectivity index (χ1n) is 5.70. The average Bonchev–Trinajstić information content (AvgIpc) is 2.92. The second-order valence-electron chi connectivity index (χ2n) is 4.13. The van der Waals surface area contributed by atoms with E-state index in [9.17, 15) is 14.3 Å². The van der Waals surface area contributed by atoms with E-state index in [0.29, 0.717) is 11.3 Å². The summed E-state index contributed by atoms with van der Waals surface area (Å²) in [5, 5.41) is 14.4. The normalized spacial score (nSPS) is 13.8. The highest BCUT2D eigenvalue weighted by Crippen LogP contribution is 2.17. The number of nitrogens with one attached hydrogen (secondary N) is 1. The molecule has 19 heavy (non-hydrogen) atoms. The first-order chi connectivity index (χ1) is 9.08. The number of benzene rings is 1. The maximum atomic E-state index is 12.8. The number of aliphatic hydroxyl groups excluding tert-OH is 1. The molecule has 0 spiro atoms. The van der Waals surface area contributed by atoms with Crippen LogP contribution in [0.3, 0.4) is 0 Å². The molecule has 2 unspecified atom stereocenters. The lowest BCUT2D eigenvalue weighted by Gasteiger charge is -2.20. The van der Waals surface area contributed by atoms with Gasteiger partial charge in [0.05, 0.1) is 17.7 Å². The molecule has 4 nitrogen and oxygen atoms in total. The zero-order chi connectivity index (χ0) is 13.8. The number of amides is 1. The lowest BCUT2D eigenvalue weighted by molar-refractivity contribution is 0.0848. The summed E-state index contributed by atoms with van der Waals surface area (Å²) >= 11 is 1.33. The molecule has 2 atom stereocenters. The Hall–Kier alpha value is -1.79. The van der Waals surface area contributed by atoms with Crippen molar-refractivity contribution in [2.24, 2.45) is 0 Å². The van der Waals surface area contributed by atoms with Gasteiger partial charge in [-0.1, -0.05) is 12.1 Å². The lowest BCUT2D eigenvalue weighted by atomic mass is 10.0. The van der Waals surface area contributed by atoms with Crippen LogP contribution in [0.15, 0.2) is 35.2 Å². The Morgan fingerprint density at radius 2 is 2.11 bits per heavy atom. The molecule has 6 heteroatoms. The molecule has 0 saturated heterocycles. The fourth-order valence-corrected chi connectivity index (χ4v) is 2.17. The predicted octanol–water partition coefficient (Wildman–Crippen LogP) is 2.13. The fourth-order valence-electron chi connectivity index (χ4n) is 1.63. The Labute approximate surface area is 113 Å². The van der Waals surface area contributed by atoms with E-state index < -0.39 is 12.1 Å². The summed E-state index contributed by atoms with van der Waals surface area (Å²) in [4.78, 5) is 15.7. The molecule has 0 aliphatic rings. The minimum Gasteiger partial charge on any atom is -0.386 e. The summed E-state index contributed by atoms with van der Waals surface area (Å²) < 4.78 is 12.8. The summed E-state index contributed by atoms with van der Waals surface area (Å²) in [6, 6.07) is 5.03. The van der Waals surface area contributed by atoms with E-state index in [1.54, 1.807) is 17.8 Å². The van der Waals surface area contributed by atoms with Crippen molar-refractivity contribution in [2.45, 2.75) is 19.1 Å². The number of hydrogen-bond acceptors (Lipinski definition) is 4. The monoisotopic (exact) mass is 280 g/mol. The van der Waals surface area contributed by atoms with Crippen LogP contribution in [-0.4, -0.2) is 22.0 Å². The number of aromatic nitrogens is 1. The van der Waals surface area contributed by atoms with Gasteiger partial charge in [0.15, 0.2) is 0 Å². The molecule has 2 aromatic rings. The third-order valence-electron chi connectivity index (χ3n) is 2.71. The van der Waals surface area contributed by atoms with Crippen molar-refractivity contribution in [2.75, 3.05) is 0 Å². The molecule has 2 rings (SSSR count). The predicted molar refractivity (Wildman–Crippen MR) is 70.4 cm³/mol. The van der Waals surface area contributed by atoms with Gasteiger partial charge >= 0.3 is 0 Å². The Kier molecular flexibility index (Phi) is 4.24. The molecule has 2 N–H and O–H groups in total. The summed E-state index contributed by atoms with van der Waals surface area (Å²) in [6.45, 7) is 1.68. The van der Waals surface area contributed by atoms with Gasteiger partial charge in [0.2, 0.25) is 0 Å². The zero-order valence-corrected chi connectivity index (χ0v) is 11.0. The molecule has 0 fully saturated rings. The second kappa shape index (κ2) is 5.90. The highest BCUT2D eigenvalue weighted by molar-refractivity contribution is 7.07. The van der Waals surface area contributed by atoms with Gasteiger partial charge in [0, 0.05) is 5.38 Å². The number of rotatable bonds is 4. The number of carbonyl (C=O) groups excluding carboxylic acids is 1. The van der Waals surface area contributed by atoms with Gasteiger partial charge in [-0.25, -0.2) is 9.37 Å². The Bertz CT molecular complexity index is 542. The third-order valence-corrected chi connectivity index (χ3v) is 3.30. The van der Waals surface area contributed by atoms with E-state index >= 15 is 0 Å². The average molecular weight is 280 g/mol. The third kappa shape index (κ3) is 3.36. The Morgan fingerprint density at radius 3 is 2.68 bits per heavy atom. The van der Waals surface area contributed by atoms with Crippen molar-refractivity contribution in [1.82, 2.24) is 10.3 Å². The van der Waals surface area contributed by atoms with Gasteiger partial charge in [0.1, 0.15) is 11.5 Å². The second-order valence-corrected chi connectivity index (χ2v) is 4.85.